The lowest BCUT2D eigenvalue weighted by Gasteiger charge is -2.15. The number of hydrogen-bond donors (Lipinski definition) is 1. The number of benzene rings is 1. The summed E-state index contributed by atoms with van der Waals surface area (Å²) in [4.78, 5) is 5.74. The number of hydrogen-bond acceptors (Lipinski definition) is 4. The predicted octanol–water partition coefficient (Wildman–Crippen LogP) is 4.66. The number of aromatic nitrogens is 1. The first kappa shape index (κ1) is 15.9. The molecule has 112 valence electrons. The summed E-state index contributed by atoms with van der Waals surface area (Å²) in [6.07, 6.45) is 4.88. The van der Waals surface area contributed by atoms with E-state index >= 15 is 0 Å². The molecule has 0 aliphatic carbocycles. The van der Waals surface area contributed by atoms with Crippen molar-refractivity contribution in [2.75, 3.05) is 12.8 Å². The minimum Gasteiger partial charge on any atom is -0.456 e. The van der Waals surface area contributed by atoms with E-state index in [2.05, 4.69) is 42.5 Å². The van der Waals surface area contributed by atoms with Crippen molar-refractivity contribution in [2.24, 2.45) is 0 Å². The van der Waals surface area contributed by atoms with Crippen LogP contribution >= 0.6 is 11.8 Å². The lowest BCUT2D eigenvalue weighted by Crippen LogP contribution is -2.20. The van der Waals surface area contributed by atoms with Crippen molar-refractivity contribution < 1.29 is 4.74 Å². The van der Waals surface area contributed by atoms with Crippen LogP contribution in [0.25, 0.3) is 0 Å². The molecule has 3 nitrogen and oxygen atoms in total. The molecule has 21 heavy (non-hydrogen) atoms. The molecule has 0 spiro atoms. The fourth-order valence-corrected chi connectivity index (χ4v) is 2.55. The monoisotopic (exact) mass is 302 g/mol. The van der Waals surface area contributed by atoms with Gasteiger partial charge in [0, 0.05) is 10.9 Å². The molecule has 0 radical (unpaired) electrons. The van der Waals surface area contributed by atoms with Crippen LogP contribution in [0.4, 0.5) is 0 Å². The molecule has 1 aromatic heterocycles. The highest BCUT2D eigenvalue weighted by atomic mass is 32.2. The van der Waals surface area contributed by atoms with E-state index < -0.39 is 0 Å². The number of pyridine rings is 1. The first-order chi connectivity index (χ1) is 10.3. The number of thioether (sulfide) groups is 1. The summed E-state index contributed by atoms with van der Waals surface area (Å²) in [7, 11) is 0. The molecule has 1 heterocycles. The van der Waals surface area contributed by atoms with Crippen LogP contribution in [-0.2, 0) is 0 Å². The molecule has 0 amide bonds. The molecule has 1 atom stereocenters. The number of nitrogens with one attached hydrogen (secondary N) is 1. The summed E-state index contributed by atoms with van der Waals surface area (Å²) in [5, 5.41) is 3.42. The maximum atomic E-state index is 5.81. The Labute approximate surface area is 131 Å². The van der Waals surface area contributed by atoms with Gasteiger partial charge < -0.3 is 10.1 Å². The topological polar surface area (TPSA) is 34.1 Å². The molecule has 4 heteroatoms. The Kier molecular flexibility index (Phi) is 6.08. The summed E-state index contributed by atoms with van der Waals surface area (Å²) in [5.74, 6) is 1.60. The van der Waals surface area contributed by atoms with E-state index in [1.165, 1.54) is 4.90 Å². The number of nitrogens with zero attached hydrogens (tertiary/aromatic N) is 1. The van der Waals surface area contributed by atoms with E-state index in [9.17, 15) is 0 Å². The van der Waals surface area contributed by atoms with E-state index in [1.807, 2.05) is 24.3 Å². The van der Waals surface area contributed by atoms with Crippen molar-refractivity contribution in [1.82, 2.24) is 10.3 Å². The van der Waals surface area contributed by atoms with E-state index in [4.69, 9.17) is 4.74 Å². The van der Waals surface area contributed by atoms with Gasteiger partial charge in [0.15, 0.2) is 0 Å². The van der Waals surface area contributed by atoms with Crippen molar-refractivity contribution >= 4 is 11.8 Å². The van der Waals surface area contributed by atoms with Crippen molar-refractivity contribution in [1.29, 1.82) is 0 Å². The smallest absolute Gasteiger partial charge is 0.145 e. The second kappa shape index (κ2) is 8.05. The van der Waals surface area contributed by atoms with Crippen LogP contribution in [0.15, 0.2) is 47.5 Å². The van der Waals surface area contributed by atoms with Gasteiger partial charge >= 0.3 is 0 Å². The maximum Gasteiger partial charge on any atom is 0.145 e. The Morgan fingerprint density at radius 2 is 1.81 bits per heavy atom. The van der Waals surface area contributed by atoms with Gasteiger partial charge in [0.1, 0.15) is 11.5 Å². The van der Waals surface area contributed by atoms with Gasteiger partial charge in [0.05, 0.1) is 11.9 Å². The zero-order chi connectivity index (χ0) is 15.1. The van der Waals surface area contributed by atoms with E-state index in [-0.39, 0.29) is 0 Å². The fraction of sp³-hybridized carbons (Fsp3) is 0.353. The van der Waals surface area contributed by atoms with Gasteiger partial charge in [-0.25, -0.2) is 0 Å². The van der Waals surface area contributed by atoms with Crippen LogP contribution in [-0.4, -0.2) is 17.8 Å². The SMILES string of the molecule is CCNC(CC)c1ccc(Oc2ccc(SC)cc2)cn1. The predicted molar refractivity (Wildman–Crippen MR) is 89.2 cm³/mol. The van der Waals surface area contributed by atoms with Gasteiger partial charge in [-0.3, -0.25) is 4.98 Å². The van der Waals surface area contributed by atoms with Crippen LogP contribution in [0.3, 0.4) is 0 Å². The van der Waals surface area contributed by atoms with Gasteiger partial charge in [-0.05, 0) is 55.6 Å². The summed E-state index contributed by atoms with van der Waals surface area (Å²) in [5.41, 5.74) is 1.06. The highest BCUT2D eigenvalue weighted by molar-refractivity contribution is 7.98. The Morgan fingerprint density at radius 3 is 2.33 bits per heavy atom. The van der Waals surface area contributed by atoms with Crippen molar-refractivity contribution in [3.63, 3.8) is 0 Å². The van der Waals surface area contributed by atoms with Crippen molar-refractivity contribution in [2.45, 2.75) is 31.2 Å². The van der Waals surface area contributed by atoms with Gasteiger partial charge in [-0.1, -0.05) is 13.8 Å². The average molecular weight is 302 g/mol. The van der Waals surface area contributed by atoms with Crippen molar-refractivity contribution in [3.05, 3.63) is 48.3 Å². The summed E-state index contributed by atoms with van der Waals surface area (Å²) < 4.78 is 5.81. The molecule has 2 aromatic rings. The largest absolute Gasteiger partial charge is 0.456 e. The van der Waals surface area contributed by atoms with E-state index in [1.54, 1.807) is 18.0 Å². The minimum absolute atomic E-state index is 0.310. The zero-order valence-electron chi connectivity index (χ0n) is 12.8. The van der Waals surface area contributed by atoms with E-state index in [0.29, 0.717) is 6.04 Å². The average Bonchev–Trinajstić information content (AvgIpc) is 2.54. The lowest BCUT2D eigenvalue weighted by molar-refractivity contribution is 0.475. The Morgan fingerprint density at radius 1 is 1.10 bits per heavy atom. The first-order valence-electron chi connectivity index (χ1n) is 7.28. The van der Waals surface area contributed by atoms with Gasteiger partial charge in [-0.15, -0.1) is 11.8 Å². The fourth-order valence-electron chi connectivity index (χ4n) is 2.14. The maximum absolute atomic E-state index is 5.81. The highest BCUT2D eigenvalue weighted by Crippen LogP contribution is 2.25. The molecule has 0 saturated heterocycles. The molecule has 0 aliphatic rings. The van der Waals surface area contributed by atoms with Crippen LogP contribution in [0.5, 0.6) is 11.5 Å². The van der Waals surface area contributed by atoms with Gasteiger partial charge in [-0.2, -0.15) is 0 Å². The molecular weight excluding hydrogens is 280 g/mol. The standard InChI is InChI=1S/C17H22N2OS/c1-4-16(18-5-2)17-11-8-14(12-19-17)20-13-6-9-15(21-3)10-7-13/h6-12,16,18H,4-5H2,1-3H3. The second-order valence-corrected chi connectivity index (χ2v) is 5.59. The Hall–Kier alpha value is -1.52. The quantitative estimate of drug-likeness (QED) is 0.755. The molecule has 1 unspecified atom stereocenters. The van der Waals surface area contributed by atoms with E-state index in [0.717, 1.165) is 30.2 Å². The molecule has 1 N–H and O–H groups in total. The van der Waals surface area contributed by atoms with Crippen LogP contribution in [0.2, 0.25) is 0 Å². The molecular formula is C17H22N2OS. The normalized spacial score (nSPS) is 12.1. The molecule has 0 saturated carbocycles. The minimum atomic E-state index is 0.310. The number of rotatable bonds is 7. The summed E-state index contributed by atoms with van der Waals surface area (Å²) in [6.45, 7) is 5.21. The Balaban J connectivity index is 2.04. The lowest BCUT2D eigenvalue weighted by atomic mass is 10.1. The first-order valence-corrected chi connectivity index (χ1v) is 8.50. The third-order valence-electron chi connectivity index (χ3n) is 3.27. The van der Waals surface area contributed by atoms with Crippen LogP contribution in [0, 0.1) is 0 Å². The number of ether oxygens (including phenoxy) is 1. The molecule has 0 aliphatic heterocycles. The summed E-state index contributed by atoms with van der Waals surface area (Å²) >= 11 is 1.72. The highest BCUT2D eigenvalue weighted by Gasteiger charge is 2.09. The zero-order valence-corrected chi connectivity index (χ0v) is 13.6. The van der Waals surface area contributed by atoms with Crippen LogP contribution < -0.4 is 10.1 Å². The molecule has 0 bridgehead atoms. The summed E-state index contributed by atoms with van der Waals surface area (Å²) in [6, 6.07) is 12.4. The molecule has 0 fully saturated rings. The third-order valence-corrected chi connectivity index (χ3v) is 4.01. The Bertz CT molecular complexity index is 540. The van der Waals surface area contributed by atoms with Crippen LogP contribution in [0.1, 0.15) is 32.0 Å². The second-order valence-electron chi connectivity index (χ2n) is 4.71. The van der Waals surface area contributed by atoms with Gasteiger partial charge in [0.25, 0.3) is 0 Å². The molecule has 1 aromatic carbocycles. The van der Waals surface area contributed by atoms with Gasteiger partial charge in [0.2, 0.25) is 0 Å². The van der Waals surface area contributed by atoms with Crippen molar-refractivity contribution in [3.8, 4) is 11.5 Å². The molecule has 2 rings (SSSR count). The third kappa shape index (κ3) is 4.48.